The summed E-state index contributed by atoms with van der Waals surface area (Å²) in [6.45, 7) is 8.06. The van der Waals surface area contributed by atoms with Crippen molar-refractivity contribution in [3.63, 3.8) is 0 Å². The minimum atomic E-state index is -0.951. The Morgan fingerprint density at radius 1 is 1.28 bits per heavy atom. The van der Waals surface area contributed by atoms with Crippen molar-refractivity contribution in [2.45, 2.75) is 77.4 Å². The third-order valence-electron chi connectivity index (χ3n) is 4.98. The summed E-state index contributed by atoms with van der Waals surface area (Å²) < 4.78 is 11.2. The van der Waals surface area contributed by atoms with Crippen LogP contribution in [0.2, 0.25) is 0 Å². The summed E-state index contributed by atoms with van der Waals surface area (Å²) in [4.78, 5) is 37.5. The fourth-order valence-corrected chi connectivity index (χ4v) is 3.96. The molecule has 0 aromatic heterocycles. The number of carboxylic acid groups (broad SMARTS) is 1. The molecule has 142 valence electrons. The minimum Gasteiger partial charge on any atom is -0.465 e. The fraction of sp³-hybridized carbons (Fsp3) is 0.833. The molecule has 2 aliphatic heterocycles. The molecule has 0 saturated carbocycles. The lowest BCUT2D eigenvalue weighted by Crippen LogP contribution is -2.46. The van der Waals surface area contributed by atoms with Gasteiger partial charge in [0, 0.05) is 32.4 Å². The van der Waals surface area contributed by atoms with Gasteiger partial charge in [0.25, 0.3) is 0 Å². The zero-order chi connectivity index (χ0) is 18.9. The zero-order valence-corrected chi connectivity index (χ0v) is 15.6. The molecule has 0 bridgehead atoms. The summed E-state index contributed by atoms with van der Waals surface area (Å²) in [6, 6.07) is 0. The van der Waals surface area contributed by atoms with E-state index in [4.69, 9.17) is 14.6 Å². The normalized spacial score (nSPS) is 25.8. The van der Waals surface area contributed by atoms with E-state index in [1.165, 1.54) is 4.90 Å². The molecule has 7 nitrogen and oxygen atoms in total. The standard InChI is InChI=1S/C18H29NO6/c1-5-6-17(11-13(20)24-16(2,3)4)12-18(25-14(17)21)7-9-19(10-8-18)15(22)23/h5-12H2,1-4H3,(H,22,23). The molecule has 2 aliphatic rings. The lowest BCUT2D eigenvalue weighted by molar-refractivity contribution is -0.165. The van der Waals surface area contributed by atoms with E-state index in [1.807, 2.05) is 6.92 Å². The molecule has 0 radical (unpaired) electrons. The average Bonchev–Trinajstić information content (AvgIpc) is 2.69. The van der Waals surface area contributed by atoms with E-state index in [-0.39, 0.29) is 12.4 Å². The Hall–Kier alpha value is -1.79. The summed E-state index contributed by atoms with van der Waals surface area (Å²) in [5, 5.41) is 9.09. The van der Waals surface area contributed by atoms with Crippen LogP contribution in [-0.2, 0) is 19.1 Å². The van der Waals surface area contributed by atoms with Crippen LogP contribution in [0, 0.1) is 5.41 Å². The quantitative estimate of drug-likeness (QED) is 0.779. The van der Waals surface area contributed by atoms with E-state index in [2.05, 4.69) is 0 Å². The van der Waals surface area contributed by atoms with E-state index in [0.717, 1.165) is 6.42 Å². The molecular weight excluding hydrogens is 326 g/mol. The van der Waals surface area contributed by atoms with E-state index in [0.29, 0.717) is 38.8 Å². The molecule has 2 saturated heterocycles. The van der Waals surface area contributed by atoms with Crippen LogP contribution in [0.25, 0.3) is 0 Å². The van der Waals surface area contributed by atoms with Crippen LogP contribution in [-0.4, -0.2) is 52.3 Å². The minimum absolute atomic E-state index is 0.0152. The second-order valence-electron chi connectivity index (χ2n) is 8.31. The smallest absolute Gasteiger partial charge is 0.407 e. The Kier molecular flexibility index (Phi) is 5.35. The van der Waals surface area contributed by atoms with Crippen molar-refractivity contribution < 1.29 is 29.0 Å². The molecule has 7 heteroatoms. The van der Waals surface area contributed by atoms with E-state index in [9.17, 15) is 14.4 Å². The first-order valence-corrected chi connectivity index (χ1v) is 8.94. The lowest BCUT2D eigenvalue weighted by atomic mass is 9.72. The summed E-state index contributed by atoms with van der Waals surface area (Å²) in [7, 11) is 0. The molecule has 0 aliphatic carbocycles. The SMILES string of the molecule is CCCC1(CC(=O)OC(C)(C)C)CC2(CCN(C(=O)O)CC2)OC1=O. The zero-order valence-electron chi connectivity index (χ0n) is 15.6. The maximum Gasteiger partial charge on any atom is 0.407 e. The maximum absolute atomic E-state index is 12.7. The van der Waals surface area contributed by atoms with Crippen molar-refractivity contribution in [3.8, 4) is 0 Å². The number of amides is 1. The second-order valence-corrected chi connectivity index (χ2v) is 8.31. The Bertz CT molecular complexity index is 544. The molecule has 1 unspecified atom stereocenters. The van der Waals surface area contributed by atoms with Crippen LogP contribution in [0.15, 0.2) is 0 Å². The van der Waals surface area contributed by atoms with Gasteiger partial charge in [-0.3, -0.25) is 9.59 Å². The van der Waals surface area contributed by atoms with E-state index >= 15 is 0 Å². The molecule has 2 heterocycles. The maximum atomic E-state index is 12.7. The fourth-order valence-electron chi connectivity index (χ4n) is 3.96. The highest BCUT2D eigenvalue weighted by Gasteiger charge is 2.58. The highest BCUT2D eigenvalue weighted by atomic mass is 16.6. The molecule has 0 aromatic carbocycles. The van der Waals surface area contributed by atoms with Crippen molar-refractivity contribution in [3.05, 3.63) is 0 Å². The number of piperidine rings is 1. The van der Waals surface area contributed by atoms with Crippen LogP contribution in [0.1, 0.15) is 66.2 Å². The summed E-state index contributed by atoms with van der Waals surface area (Å²) >= 11 is 0. The molecule has 1 atom stereocenters. The number of rotatable bonds is 4. The first-order chi connectivity index (χ1) is 11.5. The van der Waals surface area contributed by atoms with Crippen molar-refractivity contribution in [2.75, 3.05) is 13.1 Å². The predicted octanol–water partition coefficient (Wildman–Crippen LogP) is 2.96. The molecule has 1 spiro atoms. The Balaban J connectivity index is 2.12. The van der Waals surface area contributed by atoms with Crippen molar-refractivity contribution >= 4 is 18.0 Å². The van der Waals surface area contributed by atoms with Crippen molar-refractivity contribution in [2.24, 2.45) is 5.41 Å². The largest absolute Gasteiger partial charge is 0.465 e. The van der Waals surface area contributed by atoms with Gasteiger partial charge in [-0.25, -0.2) is 4.79 Å². The molecule has 25 heavy (non-hydrogen) atoms. The number of hydrogen-bond donors (Lipinski definition) is 1. The number of esters is 2. The molecule has 2 fully saturated rings. The van der Waals surface area contributed by atoms with Crippen molar-refractivity contribution in [1.29, 1.82) is 0 Å². The first-order valence-electron chi connectivity index (χ1n) is 8.94. The van der Waals surface area contributed by atoms with Gasteiger partial charge in [0.1, 0.15) is 11.2 Å². The molecule has 0 aromatic rings. The topological polar surface area (TPSA) is 93.1 Å². The summed E-state index contributed by atoms with van der Waals surface area (Å²) in [5.41, 5.74) is -2.11. The Labute approximate surface area is 148 Å². The third kappa shape index (κ3) is 4.44. The Morgan fingerprint density at radius 2 is 1.88 bits per heavy atom. The second kappa shape index (κ2) is 6.84. The number of ether oxygens (including phenoxy) is 2. The van der Waals surface area contributed by atoms with Gasteiger partial charge in [0.15, 0.2) is 0 Å². The first kappa shape index (κ1) is 19.5. The highest BCUT2D eigenvalue weighted by Crippen LogP contribution is 2.50. The predicted molar refractivity (Wildman–Crippen MR) is 90.1 cm³/mol. The van der Waals surface area contributed by atoms with Crippen LogP contribution in [0.5, 0.6) is 0 Å². The van der Waals surface area contributed by atoms with Crippen LogP contribution < -0.4 is 0 Å². The van der Waals surface area contributed by atoms with Gasteiger partial charge in [0.05, 0.1) is 11.8 Å². The summed E-state index contributed by atoms with van der Waals surface area (Å²) in [6.07, 6.45) is 1.80. The van der Waals surface area contributed by atoms with Gasteiger partial charge in [-0.1, -0.05) is 13.3 Å². The third-order valence-corrected chi connectivity index (χ3v) is 4.98. The Morgan fingerprint density at radius 3 is 2.36 bits per heavy atom. The molecule has 1 amide bonds. The molecule has 2 rings (SSSR count). The van der Waals surface area contributed by atoms with Crippen LogP contribution in [0.3, 0.4) is 0 Å². The van der Waals surface area contributed by atoms with E-state index < -0.39 is 28.7 Å². The highest BCUT2D eigenvalue weighted by molar-refractivity contribution is 5.85. The number of likely N-dealkylation sites (tertiary alicyclic amines) is 1. The van der Waals surface area contributed by atoms with Crippen LogP contribution in [0.4, 0.5) is 4.79 Å². The van der Waals surface area contributed by atoms with E-state index in [1.54, 1.807) is 20.8 Å². The lowest BCUT2D eigenvalue weighted by Gasteiger charge is -2.37. The number of carbonyl (C=O) groups is 3. The van der Waals surface area contributed by atoms with Crippen molar-refractivity contribution in [1.82, 2.24) is 4.90 Å². The van der Waals surface area contributed by atoms with Gasteiger partial charge in [-0.15, -0.1) is 0 Å². The number of nitrogens with zero attached hydrogens (tertiary/aromatic N) is 1. The van der Waals surface area contributed by atoms with Gasteiger partial charge in [-0.2, -0.15) is 0 Å². The van der Waals surface area contributed by atoms with Gasteiger partial charge < -0.3 is 19.5 Å². The average molecular weight is 355 g/mol. The number of carbonyl (C=O) groups excluding carboxylic acids is 2. The van der Waals surface area contributed by atoms with Gasteiger partial charge in [-0.05, 0) is 27.2 Å². The molecule has 1 N–H and O–H groups in total. The van der Waals surface area contributed by atoms with Crippen LogP contribution >= 0.6 is 0 Å². The number of hydrogen-bond acceptors (Lipinski definition) is 5. The van der Waals surface area contributed by atoms with Gasteiger partial charge in [0.2, 0.25) is 0 Å². The van der Waals surface area contributed by atoms with Gasteiger partial charge >= 0.3 is 18.0 Å². The summed E-state index contributed by atoms with van der Waals surface area (Å²) in [5.74, 6) is -0.734. The monoisotopic (exact) mass is 355 g/mol. The molecular formula is C18H29NO6.